The average molecular weight is 299 g/mol. The summed E-state index contributed by atoms with van der Waals surface area (Å²) in [6, 6.07) is 4.84. The standard InChI is InChI=1S/C11H11ClN4O2S/c1-8(10-4-2-3-5-13-10)16-19(17,18)9-6-14-11(12)15-7-9/h2-8,16H,1H3. The maximum atomic E-state index is 12.1. The summed E-state index contributed by atoms with van der Waals surface area (Å²) < 4.78 is 26.6. The van der Waals surface area contributed by atoms with Crippen molar-refractivity contribution in [3.05, 3.63) is 47.8 Å². The molecule has 2 aromatic rings. The first-order valence-corrected chi connectivity index (χ1v) is 7.26. The largest absolute Gasteiger partial charge is 0.260 e. The molecule has 0 saturated heterocycles. The van der Waals surface area contributed by atoms with Crippen molar-refractivity contribution in [3.63, 3.8) is 0 Å². The van der Waals surface area contributed by atoms with Gasteiger partial charge in [0.05, 0.1) is 24.1 Å². The molecule has 0 aromatic carbocycles. The minimum atomic E-state index is -3.70. The van der Waals surface area contributed by atoms with E-state index in [1.807, 2.05) is 0 Å². The Morgan fingerprint density at radius 3 is 2.47 bits per heavy atom. The highest BCUT2D eigenvalue weighted by Crippen LogP contribution is 2.14. The van der Waals surface area contributed by atoms with Gasteiger partial charge in [0.2, 0.25) is 15.3 Å². The quantitative estimate of drug-likeness (QED) is 0.866. The van der Waals surface area contributed by atoms with Gasteiger partial charge in [-0.2, -0.15) is 0 Å². The molecule has 8 heteroatoms. The van der Waals surface area contributed by atoms with Crippen molar-refractivity contribution in [1.29, 1.82) is 0 Å². The van der Waals surface area contributed by atoms with Crippen LogP contribution in [-0.2, 0) is 10.0 Å². The Morgan fingerprint density at radius 2 is 1.89 bits per heavy atom. The van der Waals surface area contributed by atoms with Crippen molar-refractivity contribution < 1.29 is 8.42 Å². The van der Waals surface area contributed by atoms with Gasteiger partial charge < -0.3 is 0 Å². The first kappa shape index (κ1) is 13.9. The van der Waals surface area contributed by atoms with Crippen molar-refractivity contribution in [2.45, 2.75) is 17.9 Å². The summed E-state index contributed by atoms with van der Waals surface area (Å²) in [4.78, 5) is 11.3. The molecular formula is C11H11ClN4O2S. The SMILES string of the molecule is CC(NS(=O)(=O)c1cnc(Cl)nc1)c1ccccn1. The van der Waals surface area contributed by atoms with E-state index in [0.717, 1.165) is 12.4 Å². The fraction of sp³-hybridized carbons (Fsp3) is 0.182. The summed E-state index contributed by atoms with van der Waals surface area (Å²) in [5.74, 6) is 0. The molecule has 0 aliphatic rings. The maximum Gasteiger partial charge on any atom is 0.244 e. The molecule has 2 aromatic heterocycles. The predicted octanol–water partition coefficient (Wildman–Crippen LogP) is 1.56. The molecule has 0 amide bonds. The van der Waals surface area contributed by atoms with Crippen LogP contribution in [-0.4, -0.2) is 23.4 Å². The number of rotatable bonds is 4. The zero-order chi connectivity index (χ0) is 13.9. The molecule has 0 bridgehead atoms. The molecule has 6 nitrogen and oxygen atoms in total. The number of nitrogens with one attached hydrogen (secondary N) is 1. The lowest BCUT2D eigenvalue weighted by Crippen LogP contribution is -2.27. The molecular weight excluding hydrogens is 288 g/mol. The van der Waals surface area contributed by atoms with Crippen LogP contribution in [0.4, 0.5) is 0 Å². The Balaban J connectivity index is 2.20. The van der Waals surface area contributed by atoms with E-state index in [9.17, 15) is 8.42 Å². The van der Waals surface area contributed by atoms with Crippen molar-refractivity contribution in [3.8, 4) is 0 Å². The summed E-state index contributed by atoms with van der Waals surface area (Å²) >= 11 is 5.52. The predicted molar refractivity (Wildman–Crippen MR) is 70.0 cm³/mol. The molecule has 19 heavy (non-hydrogen) atoms. The first-order chi connectivity index (χ1) is 8.99. The maximum absolute atomic E-state index is 12.1. The second-order valence-electron chi connectivity index (χ2n) is 3.79. The molecule has 1 unspecified atom stereocenters. The second kappa shape index (κ2) is 5.60. The Kier molecular flexibility index (Phi) is 4.08. The Bertz CT molecular complexity index is 646. The second-order valence-corrected chi connectivity index (χ2v) is 5.84. The number of hydrogen-bond acceptors (Lipinski definition) is 5. The van der Waals surface area contributed by atoms with Crippen LogP contribution >= 0.6 is 11.6 Å². The highest BCUT2D eigenvalue weighted by atomic mass is 35.5. The first-order valence-electron chi connectivity index (χ1n) is 5.40. The van der Waals surface area contributed by atoms with E-state index >= 15 is 0 Å². The van der Waals surface area contributed by atoms with Gasteiger partial charge in [0.15, 0.2) is 0 Å². The van der Waals surface area contributed by atoms with Crippen molar-refractivity contribution >= 4 is 21.6 Å². The van der Waals surface area contributed by atoms with Crippen LogP contribution < -0.4 is 4.72 Å². The van der Waals surface area contributed by atoms with E-state index in [-0.39, 0.29) is 10.2 Å². The zero-order valence-electron chi connectivity index (χ0n) is 9.99. The summed E-state index contributed by atoms with van der Waals surface area (Å²) in [5, 5.41) is -0.00303. The molecule has 0 spiro atoms. The summed E-state index contributed by atoms with van der Waals surface area (Å²) in [7, 11) is -3.70. The lowest BCUT2D eigenvalue weighted by atomic mass is 10.2. The van der Waals surface area contributed by atoms with Crippen LogP contribution in [0.25, 0.3) is 0 Å². The van der Waals surface area contributed by atoms with Crippen LogP contribution in [0.2, 0.25) is 5.28 Å². The van der Waals surface area contributed by atoms with Gasteiger partial charge in [0, 0.05) is 6.20 Å². The smallest absolute Gasteiger partial charge is 0.244 e. The van der Waals surface area contributed by atoms with E-state index in [0.29, 0.717) is 5.69 Å². The van der Waals surface area contributed by atoms with Gasteiger partial charge in [-0.25, -0.2) is 23.1 Å². The number of aromatic nitrogens is 3. The molecule has 0 fully saturated rings. The lowest BCUT2D eigenvalue weighted by molar-refractivity contribution is 0.563. The third-order valence-corrected chi connectivity index (χ3v) is 4.06. The summed E-state index contributed by atoms with van der Waals surface area (Å²) in [6.45, 7) is 1.71. The van der Waals surface area contributed by atoms with Gasteiger partial charge in [0.25, 0.3) is 0 Å². The molecule has 1 atom stereocenters. The molecule has 0 saturated carbocycles. The number of pyridine rings is 1. The van der Waals surface area contributed by atoms with E-state index in [1.165, 1.54) is 0 Å². The monoisotopic (exact) mass is 298 g/mol. The Morgan fingerprint density at radius 1 is 1.21 bits per heavy atom. The topological polar surface area (TPSA) is 84.8 Å². The molecule has 100 valence electrons. The summed E-state index contributed by atoms with van der Waals surface area (Å²) in [6.07, 6.45) is 3.91. The van der Waals surface area contributed by atoms with Gasteiger partial charge in [-0.15, -0.1) is 0 Å². The molecule has 1 N–H and O–H groups in total. The minimum absolute atomic E-state index is 0.00303. The molecule has 2 heterocycles. The fourth-order valence-electron chi connectivity index (χ4n) is 1.43. The number of sulfonamides is 1. The third kappa shape index (κ3) is 3.46. The van der Waals surface area contributed by atoms with Crippen molar-refractivity contribution in [2.24, 2.45) is 0 Å². The fourth-order valence-corrected chi connectivity index (χ4v) is 2.64. The van der Waals surface area contributed by atoms with E-state index < -0.39 is 16.1 Å². The molecule has 0 aliphatic heterocycles. The van der Waals surface area contributed by atoms with Crippen LogP contribution in [0, 0.1) is 0 Å². The lowest BCUT2D eigenvalue weighted by Gasteiger charge is -2.13. The highest BCUT2D eigenvalue weighted by molar-refractivity contribution is 7.89. The minimum Gasteiger partial charge on any atom is -0.260 e. The van der Waals surface area contributed by atoms with Crippen LogP contribution in [0.3, 0.4) is 0 Å². The van der Waals surface area contributed by atoms with E-state index in [1.54, 1.807) is 31.3 Å². The van der Waals surface area contributed by atoms with Crippen molar-refractivity contribution in [2.75, 3.05) is 0 Å². The van der Waals surface area contributed by atoms with E-state index in [2.05, 4.69) is 19.7 Å². The van der Waals surface area contributed by atoms with Crippen LogP contribution in [0.15, 0.2) is 41.7 Å². The Labute approximate surface area is 115 Å². The van der Waals surface area contributed by atoms with Crippen LogP contribution in [0.1, 0.15) is 18.7 Å². The number of halogens is 1. The number of hydrogen-bond donors (Lipinski definition) is 1. The van der Waals surface area contributed by atoms with Crippen molar-refractivity contribution in [1.82, 2.24) is 19.7 Å². The average Bonchev–Trinajstić information content (AvgIpc) is 2.40. The third-order valence-electron chi connectivity index (χ3n) is 2.37. The molecule has 0 radical (unpaired) electrons. The van der Waals surface area contributed by atoms with Gasteiger partial charge in [-0.3, -0.25) is 4.98 Å². The van der Waals surface area contributed by atoms with Gasteiger partial charge in [-0.1, -0.05) is 6.07 Å². The van der Waals surface area contributed by atoms with Gasteiger partial charge in [0.1, 0.15) is 4.90 Å². The van der Waals surface area contributed by atoms with Gasteiger partial charge >= 0.3 is 0 Å². The highest BCUT2D eigenvalue weighted by Gasteiger charge is 2.19. The zero-order valence-corrected chi connectivity index (χ0v) is 11.6. The number of nitrogens with zero attached hydrogens (tertiary/aromatic N) is 3. The Hall–Kier alpha value is -1.57. The van der Waals surface area contributed by atoms with Crippen LogP contribution in [0.5, 0.6) is 0 Å². The molecule has 2 rings (SSSR count). The normalized spacial score (nSPS) is 13.2. The van der Waals surface area contributed by atoms with Gasteiger partial charge in [-0.05, 0) is 30.7 Å². The molecule has 0 aliphatic carbocycles. The summed E-state index contributed by atoms with van der Waals surface area (Å²) in [5.41, 5.74) is 0.626. The van der Waals surface area contributed by atoms with E-state index in [4.69, 9.17) is 11.6 Å².